The van der Waals surface area contributed by atoms with Crippen molar-refractivity contribution < 1.29 is 14.3 Å². The van der Waals surface area contributed by atoms with Crippen LogP contribution in [0.15, 0.2) is 42.6 Å². The van der Waals surface area contributed by atoms with E-state index in [1.807, 2.05) is 43.3 Å². The molecule has 1 heterocycles. The average Bonchev–Trinajstić information content (AvgIpc) is 2.74. The summed E-state index contributed by atoms with van der Waals surface area (Å²) in [6, 6.07) is 11.3. The van der Waals surface area contributed by atoms with Gasteiger partial charge in [0.05, 0.1) is 0 Å². The van der Waals surface area contributed by atoms with E-state index in [-0.39, 0.29) is 18.0 Å². The first kappa shape index (κ1) is 21.5. The van der Waals surface area contributed by atoms with Gasteiger partial charge in [-0.2, -0.15) is 4.98 Å². The van der Waals surface area contributed by atoms with Crippen molar-refractivity contribution in [3.05, 3.63) is 48.2 Å². The van der Waals surface area contributed by atoms with Crippen LogP contribution in [-0.4, -0.2) is 48.0 Å². The molecular formula is C22H29N5O3. The van der Waals surface area contributed by atoms with Crippen molar-refractivity contribution in [3.8, 4) is 0 Å². The van der Waals surface area contributed by atoms with E-state index in [9.17, 15) is 9.59 Å². The van der Waals surface area contributed by atoms with Crippen LogP contribution < -0.4 is 15.5 Å². The third-order valence-corrected chi connectivity index (χ3v) is 5.13. The van der Waals surface area contributed by atoms with Gasteiger partial charge in [0.15, 0.2) is 0 Å². The smallest absolute Gasteiger partial charge is 0.303 e. The molecule has 1 aliphatic rings. The fourth-order valence-corrected chi connectivity index (χ4v) is 3.58. The third kappa shape index (κ3) is 5.92. The third-order valence-electron chi connectivity index (χ3n) is 5.13. The summed E-state index contributed by atoms with van der Waals surface area (Å²) in [6.45, 7) is 1.31. The van der Waals surface area contributed by atoms with E-state index < -0.39 is 12.1 Å². The van der Waals surface area contributed by atoms with Crippen molar-refractivity contribution in [2.45, 2.75) is 50.8 Å². The Hall–Kier alpha value is -3.16. The molecule has 160 valence electrons. The highest BCUT2D eigenvalue weighted by Gasteiger charge is 2.28. The van der Waals surface area contributed by atoms with E-state index in [1.54, 1.807) is 18.3 Å². The summed E-state index contributed by atoms with van der Waals surface area (Å²) in [7, 11) is 3.89. The Morgan fingerprint density at radius 2 is 1.73 bits per heavy atom. The number of hydrogen-bond acceptors (Lipinski definition) is 7. The van der Waals surface area contributed by atoms with E-state index in [1.165, 1.54) is 6.92 Å². The molecule has 2 N–H and O–H groups in total. The van der Waals surface area contributed by atoms with Gasteiger partial charge in [-0.3, -0.25) is 9.59 Å². The van der Waals surface area contributed by atoms with Crippen LogP contribution in [0.1, 0.15) is 44.3 Å². The predicted octanol–water partition coefficient (Wildman–Crippen LogP) is 2.69. The standard InChI is InChI=1S/C22H29N5O3/c1-15(28)30-20(16-7-5-4-6-8-16)21(29)24-17-9-11-18(12-10-17)25-22-23-14-13-19(26-22)27(2)3/h4-8,13-14,17-18,20H,9-12H2,1-3H3,(H,24,29)(H,23,25,26)/t17-,18+,20?. The van der Waals surface area contributed by atoms with E-state index in [4.69, 9.17) is 4.74 Å². The van der Waals surface area contributed by atoms with E-state index in [0.717, 1.165) is 31.5 Å². The number of nitrogens with zero attached hydrogens (tertiary/aromatic N) is 3. The molecule has 8 nitrogen and oxygen atoms in total. The van der Waals surface area contributed by atoms with Crippen molar-refractivity contribution in [1.29, 1.82) is 0 Å². The minimum Gasteiger partial charge on any atom is -0.447 e. The summed E-state index contributed by atoms with van der Waals surface area (Å²) in [5, 5.41) is 6.44. The normalized spacial score (nSPS) is 19.4. The predicted molar refractivity (Wildman–Crippen MR) is 115 cm³/mol. The molecule has 1 aromatic carbocycles. The lowest BCUT2D eigenvalue weighted by molar-refractivity contribution is -0.154. The number of aromatic nitrogens is 2. The Bertz CT molecular complexity index is 851. The minimum atomic E-state index is -0.929. The van der Waals surface area contributed by atoms with Crippen molar-refractivity contribution >= 4 is 23.6 Å². The summed E-state index contributed by atoms with van der Waals surface area (Å²) in [5.74, 6) is 0.709. The summed E-state index contributed by atoms with van der Waals surface area (Å²) < 4.78 is 5.29. The van der Waals surface area contributed by atoms with E-state index in [0.29, 0.717) is 11.5 Å². The van der Waals surface area contributed by atoms with Gasteiger partial charge in [-0.25, -0.2) is 4.98 Å². The van der Waals surface area contributed by atoms with Gasteiger partial charge in [0.2, 0.25) is 12.1 Å². The number of amides is 1. The molecule has 0 saturated heterocycles. The van der Waals surface area contributed by atoms with Gasteiger partial charge in [0.25, 0.3) is 5.91 Å². The first-order chi connectivity index (χ1) is 14.4. The van der Waals surface area contributed by atoms with Crippen molar-refractivity contribution in [1.82, 2.24) is 15.3 Å². The van der Waals surface area contributed by atoms with Gasteiger partial charge >= 0.3 is 5.97 Å². The Morgan fingerprint density at radius 3 is 2.37 bits per heavy atom. The van der Waals surface area contributed by atoms with Crippen molar-refractivity contribution in [2.24, 2.45) is 0 Å². The molecule has 1 aliphatic carbocycles. The van der Waals surface area contributed by atoms with Crippen molar-refractivity contribution in [2.75, 3.05) is 24.3 Å². The molecule has 8 heteroatoms. The summed E-state index contributed by atoms with van der Waals surface area (Å²) >= 11 is 0. The second kappa shape index (κ2) is 10.0. The Balaban J connectivity index is 1.53. The summed E-state index contributed by atoms with van der Waals surface area (Å²) in [5.41, 5.74) is 0.665. The fourth-order valence-electron chi connectivity index (χ4n) is 3.58. The van der Waals surface area contributed by atoms with Crippen LogP contribution >= 0.6 is 0 Å². The molecule has 0 aliphatic heterocycles. The highest BCUT2D eigenvalue weighted by atomic mass is 16.5. The van der Waals surface area contributed by atoms with E-state index >= 15 is 0 Å². The largest absolute Gasteiger partial charge is 0.447 e. The maximum Gasteiger partial charge on any atom is 0.303 e. The van der Waals surface area contributed by atoms with Gasteiger partial charge in [0, 0.05) is 44.9 Å². The Labute approximate surface area is 177 Å². The molecule has 0 bridgehead atoms. The SMILES string of the molecule is CC(=O)OC(C(=O)N[C@H]1CC[C@@H](Nc2nccc(N(C)C)n2)CC1)c1ccccc1. The molecule has 1 amide bonds. The number of carbonyl (C=O) groups is 2. The first-order valence-electron chi connectivity index (χ1n) is 10.2. The molecule has 1 unspecified atom stereocenters. The average molecular weight is 412 g/mol. The minimum absolute atomic E-state index is 0.0475. The van der Waals surface area contributed by atoms with Crippen LogP contribution in [-0.2, 0) is 14.3 Å². The van der Waals surface area contributed by atoms with Crippen LogP contribution in [0.4, 0.5) is 11.8 Å². The molecule has 0 radical (unpaired) electrons. The van der Waals surface area contributed by atoms with Gasteiger partial charge in [-0.05, 0) is 31.7 Å². The highest BCUT2D eigenvalue weighted by molar-refractivity contribution is 5.84. The molecule has 1 saturated carbocycles. The second-order valence-electron chi connectivity index (χ2n) is 7.73. The molecule has 1 fully saturated rings. The van der Waals surface area contributed by atoms with Gasteiger partial charge in [-0.15, -0.1) is 0 Å². The lowest BCUT2D eigenvalue weighted by Crippen LogP contribution is -2.43. The zero-order chi connectivity index (χ0) is 21.5. The fraction of sp³-hybridized carbons (Fsp3) is 0.455. The maximum atomic E-state index is 12.8. The van der Waals surface area contributed by atoms with Gasteiger partial charge in [0.1, 0.15) is 5.82 Å². The monoisotopic (exact) mass is 411 g/mol. The lowest BCUT2D eigenvalue weighted by Gasteiger charge is -2.30. The van der Waals surface area contributed by atoms with E-state index in [2.05, 4.69) is 20.6 Å². The molecule has 0 spiro atoms. The molecule has 2 aromatic rings. The number of carbonyl (C=O) groups excluding carboxylic acids is 2. The van der Waals surface area contributed by atoms with Crippen LogP contribution in [0.5, 0.6) is 0 Å². The second-order valence-corrected chi connectivity index (χ2v) is 7.73. The summed E-state index contributed by atoms with van der Waals surface area (Å²) in [6.07, 6.45) is 4.27. The topological polar surface area (TPSA) is 96.5 Å². The van der Waals surface area contributed by atoms with Crippen LogP contribution in [0.3, 0.4) is 0 Å². The molecule has 1 aromatic heterocycles. The number of anilines is 2. The van der Waals surface area contributed by atoms with Gasteiger partial charge < -0.3 is 20.3 Å². The quantitative estimate of drug-likeness (QED) is 0.676. The zero-order valence-corrected chi connectivity index (χ0v) is 17.7. The zero-order valence-electron chi connectivity index (χ0n) is 17.7. The number of rotatable bonds is 7. The van der Waals surface area contributed by atoms with Crippen LogP contribution in [0.25, 0.3) is 0 Å². The first-order valence-corrected chi connectivity index (χ1v) is 10.2. The molecule has 30 heavy (non-hydrogen) atoms. The van der Waals surface area contributed by atoms with Gasteiger partial charge in [-0.1, -0.05) is 30.3 Å². The lowest BCUT2D eigenvalue weighted by atomic mass is 9.91. The number of ether oxygens (including phenoxy) is 1. The molecule has 3 rings (SSSR count). The maximum absolute atomic E-state index is 12.8. The van der Waals surface area contributed by atoms with Crippen molar-refractivity contribution in [3.63, 3.8) is 0 Å². The Morgan fingerprint density at radius 1 is 1.07 bits per heavy atom. The van der Waals surface area contributed by atoms with Crippen LogP contribution in [0, 0.1) is 0 Å². The number of benzene rings is 1. The Kier molecular flexibility index (Phi) is 7.21. The molecular weight excluding hydrogens is 382 g/mol. The van der Waals surface area contributed by atoms with Crippen LogP contribution in [0.2, 0.25) is 0 Å². The highest BCUT2D eigenvalue weighted by Crippen LogP contribution is 2.24. The number of nitrogens with one attached hydrogen (secondary N) is 2. The number of hydrogen-bond donors (Lipinski definition) is 2. The number of esters is 1. The molecule has 1 atom stereocenters. The summed E-state index contributed by atoms with van der Waals surface area (Å²) in [4.78, 5) is 35.0.